The molecule has 1 N–H and O–H groups in total. The van der Waals surface area contributed by atoms with Crippen LogP contribution in [0.4, 0.5) is 0 Å². The van der Waals surface area contributed by atoms with Crippen LogP contribution in [0.2, 0.25) is 0 Å². The minimum absolute atomic E-state index is 0.123. The van der Waals surface area contributed by atoms with Crippen LogP contribution in [-0.4, -0.2) is 11.2 Å². The van der Waals surface area contributed by atoms with Crippen molar-refractivity contribution in [3.63, 3.8) is 0 Å². The van der Waals surface area contributed by atoms with Gasteiger partial charge in [-0.15, -0.1) is 0 Å². The molecular weight excluding hydrogens is 304 g/mol. The molecule has 0 aliphatic heterocycles. The minimum atomic E-state index is -0.645. The van der Waals surface area contributed by atoms with Gasteiger partial charge in [0.05, 0.1) is 6.10 Å². The van der Waals surface area contributed by atoms with Gasteiger partial charge in [0.15, 0.2) is 0 Å². The lowest BCUT2D eigenvalue weighted by Crippen LogP contribution is -2.06. The summed E-state index contributed by atoms with van der Waals surface area (Å²) >= 11 is 3.41. The van der Waals surface area contributed by atoms with Crippen LogP contribution in [0.15, 0.2) is 53.0 Å². The van der Waals surface area contributed by atoms with Crippen molar-refractivity contribution in [2.75, 3.05) is 0 Å². The molecule has 2 nitrogen and oxygen atoms in total. The molecule has 100 valence electrons. The van der Waals surface area contributed by atoms with Gasteiger partial charge in [0, 0.05) is 4.47 Å². The van der Waals surface area contributed by atoms with Crippen LogP contribution in [-0.2, 0) is 0 Å². The predicted molar refractivity (Wildman–Crippen MR) is 80.4 cm³/mol. The van der Waals surface area contributed by atoms with E-state index in [1.54, 1.807) is 0 Å². The van der Waals surface area contributed by atoms with E-state index in [1.165, 1.54) is 0 Å². The second-order valence-corrected chi connectivity index (χ2v) is 5.61. The Hall–Kier alpha value is -1.32. The molecule has 0 aromatic heterocycles. The molecule has 0 bridgehead atoms. The summed E-state index contributed by atoms with van der Waals surface area (Å²) in [5.74, 6) is 0.779. The van der Waals surface area contributed by atoms with Crippen molar-refractivity contribution in [2.24, 2.45) is 0 Å². The monoisotopic (exact) mass is 320 g/mol. The summed E-state index contributed by atoms with van der Waals surface area (Å²) in [6.07, 6.45) is -0.522. The van der Waals surface area contributed by atoms with Gasteiger partial charge in [-0.2, -0.15) is 0 Å². The fraction of sp³-hybridized carbons (Fsp3) is 0.250. The fourth-order valence-corrected chi connectivity index (χ4v) is 2.32. The molecule has 0 fully saturated rings. The first kappa shape index (κ1) is 14.1. The van der Waals surface area contributed by atoms with Gasteiger partial charge in [-0.25, -0.2) is 0 Å². The van der Waals surface area contributed by atoms with Crippen LogP contribution >= 0.6 is 15.9 Å². The van der Waals surface area contributed by atoms with E-state index in [1.807, 2.05) is 62.4 Å². The van der Waals surface area contributed by atoms with E-state index < -0.39 is 6.10 Å². The Morgan fingerprint density at radius 3 is 2.26 bits per heavy atom. The van der Waals surface area contributed by atoms with Crippen LogP contribution in [0.25, 0.3) is 0 Å². The average Bonchev–Trinajstić information content (AvgIpc) is 2.37. The van der Waals surface area contributed by atoms with Gasteiger partial charge in [0.1, 0.15) is 11.9 Å². The quantitative estimate of drug-likeness (QED) is 0.909. The molecular formula is C16H17BrO2. The smallest absolute Gasteiger partial charge is 0.120 e. The molecule has 2 aromatic rings. The maximum Gasteiger partial charge on any atom is 0.120 e. The number of benzene rings is 2. The predicted octanol–water partition coefficient (Wildman–Crippen LogP) is 4.32. The number of rotatable bonds is 4. The summed E-state index contributed by atoms with van der Waals surface area (Å²) in [5.41, 5.74) is 1.69. The number of hydrogen-bond acceptors (Lipinski definition) is 2. The normalized spacial score (nSPS) is 12.5. The van der Waals surface area contributed by atoms with Crippen molar-refractivity contribution >= 4 is 15.9 Å². The fourth-order valence-electron chi connectivity index (χ4n) is 1.90. The Morgan fingerprint density at radius 1 is 1.00 bits per heavy atom. The van der Waals surface area contributed by atoms with Crippen molar-refractivity contribution < 1.29 is 9.84 Å². The van der Waals surface area contributed by atoms with Gasteiger partial charge in [0.2, 0.25) is 0 Å². The van der Waals surface area contributed by atoms with Gasteiger partial charge >= 0.3 is 0 Å². The van der Waals surface area contributed by atoms with Gasteiger partial charge in [0.25, 0.3) is 0 Å². The molecule has 0 aliphatic carbocycles. The number of halogens is 1. The van der Waals surface area contributed by atoms with E-state index in [-0.39, 0.29) is 6.10 Å². The molecule has 0 saturated carbocycles. The average molecular weight is 321 g/mol. The summed E-state index contributed by atoms with van der Waals surface area (Å²) in [6.45, 7) is 3.97. The highest BCUT2D eigenvalue weighted by Gasteiger charge is 2.11. The molecule has 3 heteroatoms. The van der Waals surface area contributed by atoms with Crippen LogP contribution in [0.5, 0.6) is 5.75 Å². The first-order valence-electron chi connectivity index (χ1n) is 6.26. The first-order valence-corrected chi connectivity index (χ1v) is 7.05. The SMILES string of the molecule is CC(C)Oc1cccc([C@H](O)c2cccc(Br)c2)c1. The summed E-state index contributed by atoms with van der Waals surface area (Å²) in [4.78, 5) is 0. The largest absolute Gasteiger partial charge is 0.491 e. The van der Waals surface area contributed by atoms with Crippen molar-refractivity contribution in [3.8, 4) is 5.75 Å². The minimum Gasteiger partial charge on any atom is -0.491 e. The molecule has 0 radical (unpaired) electrons. The molecule has 0 heterocycles. The lowest BCUT2D eigenvalue weighted by atomic mass is 10.0. The standard InChI is InChI=1S/C16H17BrO2/c1-11(2)19-15-8-4-6-13(10-15)16(18)12-5-3-7-14(17)9-12/h3-11,16,18H,1-2H3/t16-/m1/s1. The van der Waals surface area contributed by atoms with E-state index >= 15 is 0 Å². The number of aliphatic hydroxyl groups excluding tert-OH is 1. The third-order valence-corrected chi connectivity index (χ3v) is 3.20. The van der Waals surface area contributed by atoms with Gasteiger partial charge < -0.3 is 9.84 Å². The number of hydrogen-bond donors (Lipinski definition) is 1. The highest BCUT2D eigenvalue weighted by Crippen LogP contribution is 2.27. The number of aliphatic hydroxyl groups is 1. The van der Waals surface area contributed by atoms with E-state index in [4.69, 9.17) is 4.74 Å². The maximum absolute atomic E-state index is 10.4. The topological polar surface area (TPSA) is 29.5 Å². The zero-order valence-corrected chi connectivity index (χ0v) is 12.6. The summed E-state index contributed by atoms with van der Waals surface area (Å²) < 4.78 is 6.60. The summed E-state index contributed by atoms with van der Waals surface area (Å²) in [6, 6.07) is 15.3. The van der Waals surface area contributed by atoms with E-state index in [2.05, 4.69) is 15.9 Å². The van der Waals surface area contributed by atoms with Gasteiger partial charge in [-0.05, 0) is 49.2 Å². The first-order chi connectivity index (χ1) is 9.06. The molecule has 1 atom stereocenters. The molecule has 2 aromatic carbocycles. The Labute approximate surface area is 122 Å². The van der Waals surface area contributed by atoms with Crippen LogP contribution < -0.4 is 4.74 Å². The van der Waals surface area contributed by atoms with Crippen molar-refractivity contribution in [3.05, 3.63) is 64.1 Å². The lowest BCUT2D eigenvalue weighted by Gasteiger charge is -2.15. The molecule has 0 spiro atoms. The Balaban J connectivity index is 2.26. The molecule has 0 saturated heterocycles. The van der Waals surface area contributed by atoms with Crippen molar-refractivity contribution in [1.82, 2.24) is 0 Å². The van der Waals surface area contributed by atoms with Crippen molar-refractivity contribution in [2.45, 2.75) is 26.1 Å². The molecule has 0 unspecified atom stereocenters. The van der Waals surface area contributed by atoms with Gasteiger partial charge in [-0.1, -0.05) is 40.2 Å². The lowest BCUT2D eigenvalue weighted by molar-refractivity contribution is 0.216. The zero-order valence-electron chi connectivity index (χ0n) is 11.0. The second-order valence-electron chi connectivity index (χ2n) is 4.70. The highest BCUT2D eigenvalue weighted by molar-refractivity contribution is 9.10. The third kappa shape index (κ3) is 3.82. The maximum atomic E-state index is 10.4. The highest BCUT2D eigenvalue weighted by atomic mass is 79.9. The van der Waals surface area contributed by atoms with Gasteiger partial charge in [-0.3, -0.25) is 0 Å². The molecule has 19 heavy (non-hydrogen) atoms. The summed E-state index contributed by atoms with van der Waals surface area (Å²) in [5, 5.41) is 10.4. The second kappa shape index (κ2) is 6.22. The Bertz CT molecular complexity index is 552. The zero-order chi connectivity index (χ0) is 13.8. The summed E-state index contributed by atoms with van der Waals surface area (Å²) in [7, 11) is 0. The van der Waals surface area contributed by atoms with Crippen molar-refractivity contribution in [1.29, 1.82) is 0 Å². The Morgan fingerprint density at radius 2 is 1.63 bits per heavy atom. The molecule has 0 aliphatic rings. The van der Waals surface area contributed by atoms with Crippen LogP contribution in [0.1, 0.15) is 31.1 Å². The molecule has 0 amide bonds. The van der Waals surface area contributed by atoms with E-state index in [0.29, 0.717) is 0 Å². The van der Waals surface area contributed by atoms with E-state index in [0.717, 1.165) is 21.3 Å². The number of ether oxygens (including phenoxy) is 1. The van der Waals surface area contributed by atoms with Crippen LogP contribution in [0, 0.1) is 0 Å². The van der Waals surface area contributed by atoms with Crippen LogP contribution in [0.3, 0.4) is 0 Å². The van der Waals surface area contributed by atoms with E-state index in [9.17, 15) is 5.11 Å². The third-order valence-electron chi connectivity index (χ3n) is 2.71. The molecule has 2 rings (SSSR count). The Kier molecular flexibility index (Phi) is 4.61.